The number of quaternary nitrogens is 1. The van der Waals surface area contributed by atoms with Crippen LogP contribution in [0.2, 0.25) is 6.55 Å². The molecule has 0 aliphatic carbocycles. The molecule has 1 atom stereocenters. The topological polar surface area (TPSA) is 9.23 Å². The Bertz CT molecular complexity index is 879. The molecule has 0 aromatic heterocycles. The van der Waals surface area contributed by atoms with Crippen molar-refractivity contribution < 1.29 is 32.9 Å². The summed E-state index contributed by atoms with van der Waals surface area (Å²) in [4.78, 5) is 0. The van der Waals surface area contributed by atoms with E-state index in [0.717, 1.165) is 24.2 Å². The Balaban J connectivity index is 0.00000240. The fourth-order valence-electron chi connectivity index (χ4n) is 4.34. The smallest absolute Gasteiger partial charge is 0.253 e. The maximum absolute atomic E-state index is 6.78. The molecule has 29 heavy (non-hydrogen) atoms. The van der Waals surface area contributed by atoms with E-state index in [1.165, 1.54) is 34.5 Å². The summed E-state index contributed by atoms with van der Waals surface area (Å²) >= 11 is 0. The van der Waals surface area contributed by atoms with Crippen LogP contribution in [0.4, 0.5) is 0 Å². The van der Waals surface area contributed by atoms with Crippen molar-refractivity contribution in [3.05, 3.63) is 96.1 Å². The summed E-state index contributed by atoms with van der Waals surface area (Å²) in [5.74, 6) is 0. The molecule has 3 aromatic rings. The summed E-state index contributed by atoms with van der Waals surface area (Å²) < 4.78 is 7.84. The molecule has 0 spiro atoms. The lowest BCUT2D eigenvalue weighted by Crippen LogP contribution is -3.00. The fourth-order valence-corrected chi connectivity index (χ4v) is 7.17. The third-order valence-corrected chi connectivity index (χ3v) is 9.91. The van der Waals surface area contributed by atoms with Crippen LogP contribution in [0.3, 0.4) is 0 Å². The maximum Gasteiger partial charge on any atom is 0.253 e. The van der Waals surface area contributed by atoms with Crippen molar-refractivity contribution in [3.8, 4) is 0 Å². The largest absolute Gasteiger partial charge is 1.00 e. The second-order valence-electron chi connectivity index (χ2n) is 8.36. The number of fused-ring (bicyclic) bond motifs is 1. The number of halogens is 1. The van der Waals surface area contributed by atoms with Crippen LogP contribution in [-0.2, 0) is 17.4 Å². The molecule has 4 rings (SSSR count). The molecule has 1 aliphatic rings. The molecule has 0 bridgehead atoms. The minimum Gasteiger partial charge on any atom is -1.00 e. The number of likely N-dealkylation sites (N-methyl/N-ethyl adjacent to an activating group) is 1. The van der Waals surface area contributed by atoms with Crippen molar-refractivity contribution in [1.29, 1.82) is 0 Å². The summed E-state index contributed by atoms with van der Waals surface area (Å²) in [6.45, 7) is 6.48. The Hall–Kier alpha value is -1.47. The van der Waals surface area contributed by atoms with E-state index < -0.39 is 8.32 Å². The molecule has 3 aromatic carbocycles. The van der Waals surface area contributed by atoms with E-state index in [1.54, 1.807) is 0 Å². The van der Waals surface area contributed by atoms with Crippen molar-refractivity contribution in [2.45, 2.75) is 19.5 Å². The Morgan fingerprint density at radius 1 is 0.793 bits per heavy atom. The van der Waals surface area contributed by atoms with Gasteiger partial charge in [0.25, 0.3) is 8.32 Å². The van der Waals surface area contributed by atoms with Crippen LogP contribution >= 0.6 is 0 Å². The first-order chi connectivity index (χ1) is 13.6. The van der Waals surface area contributed by atoms with Gasteiger partial charge in [-0.2, -0.15) is 0 Å². The molecule has 1 aliphatic heterocycles. The van der Waals surface area contributed by atoms with Crippen molar-refractivity contribution in [2.75, 3.05) is 26.7 Å². The van der Waals surface area contributed by atoms with Gasteiger partial charge >= 0.3 is 0 Å². The molecule has 2 nitrogen and oxygen atoms in total. The van der Waals surface area contributed by atoms with Crippen molar-refractivity contribution in [2.24, 2.45) is 0 Å². The third-order valence-electron chi connectivity index (χ3n) is 6.26. The van der Waals surface area contributed by atoms with Gasteiger partial charge in [0.05, 0.1) is 20.2 Å². The van der Waals surface area contributed by atoms with E-state index in [1.807, 2.05) is 0 Å². The van der Waals surface area contributed by atoms with Crippen LogP contribution in [-0.4, -0.2) is 39.5 Å². The van der Waals surface area contributed by atoms with Gasteiger partial charge in [-0.1, -0.05) is 84.9 Å². The molecule has 1 heterocycles. The number of benzene rings is 3. The Labute approximate surface area is 193 Å². The summed E-state index contributed by atoms with van der Waals surface area (Å²) in [5.41, 5.74) is 3.02. The zero-order valence-electron chi connectivity index (χ0n) is 17.4. The molecule has 152 valence electrons. The lowest BCUT2D eigenvalue weighted by molar-refractivity contribution is -0.924. The molecule has 0 radical (unpaired) electrons. The molecule has 0 saturated heterocycles. The van der Waals surface area contributed by atoms with Gasteiger partial charge in [0.1, 0.15) is 13.1 Å². The number of hydrogen-bond donors (Lipinski definition) is 0. The van der Waals surface area contributed by atoms with Crippen molar-refractivity contribution in [3.63, 3.8) is 0 Å². The average Bonchev–Trinajstić information content (AvgIpc) is 2.74. The monoisotopic (exact) mass is 515 g/mol. The minimum atomic E-state index is -2.20. The molecular weight excluding hydrogens is 485 g/mol. The van der Waals surface area contributed by atoms with E-state index in [0.29, 0.717) is 0 Å². The summed E-state index contributed by atoms with van der Waals surface area (Å²) in [6.07, 6.45) is 1.17. The lowest BCUT2D eigenvalue weighted by Gasteiger charge is -2.39. The Morgan fingerprint density at radius 2 is 1.31 bits per heavy atom. The van der Waals surface area contributed by atoms with Gasteiger partial charge in [-0.05, 0) is 22.5 Å². The normalized spacial score (nSPS) is 18.6. The lowest BCUT2D eigenvalue weighted by atomic mass is 9.98. The van der Waals surface area contributed by atoms with Gasteiger partial charge < -0.3 is 32.9 Å². The first-order valence-corrected chi connectivity index (χ1v) is 12.7. The van der Waals surface area contributed by atoms with E-state index in [4.69, 9.17) is 4.43 Å². The Kier molecular flexibility index (Phi) is 7.32. The van der Waals surface area contributed by atoms with E-state index >= 15 is 0 Å². The van der Waals surface area contributed by atoms with Gasteiger partial charge in [-0.15, -0.1) is 0 Å². The van der Waals surface area contributed by atoms with Gasteiger partial charge in [-0.25, -0.2) is 0 Å². The number of rotatable bonds is 6. The predicted octanol–water partition coefficient (Wildman–Crippen LogP) is 0.600. The summed E-state index contributed by atoms with van der Waals surface area (Å²) in [5, 5.41) is 2.68. The van der Waals surface area contributed by atoms with Crippen LogP contribution in [0.5, 0.6) is 0 Å². The van der Waals surface area contributed by atoms with Crippen LogP contribution in [0, 0.1) is 0 Å². The van der Waals surface area contributed by atoms with Crippen LogP contribution in [0.1, 0.15) is 11.1 Å². The SMILES string of the molecule is C[N+]1(CCO[Si](C)(c2ccccc2)c2ccccc2)CCc2ccccc2C1.[I-]. The highest BCUT2D eigenvalue weighted by atomic mass is 127. The van der Waals surface area contributed by atoms with Crippen molar-refractivity contribution in [1.82, 2.24) is 0 Å². The molecule has 0 amide bonds. The number of nitrogens with zero attached hydrogens (tertiary/aromatic N) is 1. The second-order valence-corrected chi connectivity index (χ2v) is 11.9. The zero-order chi connectivity index (χ0) is 19.5. The summed E-state index contributed by atoms with van der Waals surface area (Å²) in [6, 6.07) is 30.5. The quantitative estimate of drug-likeness (QED) is 0.266. The third kappa shape index (κ3) is 4.99. The van der Waals surface area contributed by atoms with E-state index in [9.17, 15) is 0 Å². The standard InChI is InChI=1S/C25H30NOSi.HI/c1-26(18-17-22-11-9-10-12-23(22)21-26)19-20-27-28(2,24-13-5-3-6-14-24)25-15-7-4-8-16-25;/h3-16H,17-21H2,1-2H3;1H/q+1;/p-1. The first kappa shape index (κ1) is 22.2. The predicted molar refractivity (Wildman–Crippen MR) is 119 cm³/mol. The molecule has 4 heteroatoms. The summed E-state index contributed by atoms with van der Waals surface area (Å²) in [7, 11) is 0.177. The first-order valence-electron chi connectivity index (χ1n) is 10.2. The molecular formula is C25H30INOSi. The van der Waals surface area contributed by atoms with Gasteiger partial charge in [0, 0.05) is 12.0 Å². The number of hydrogen-bond acceptors (Lipinski definition) is 1. The Morgan fingerprint density at radius 3 is 1.90 bits per heavy atom. The molecule has 0 saturated carbocycles. The fraction of sp³-hybridized carbons (Fsp3) is 0.280. The average molecular weight is 516 g/mol. The van der Waals surface area contributed by atoms with Crippen LogP contribution in [0.25, 0.3) is 0 Å². The van der Waals surface area contributed by atoms with Crippen molar-refractivity contribution >= 4 is 18.7 Å². The van der Waals surface area contributed by atoms with Gasteiger partial charge in [0.15, 0.2) is 0 Å². The van der Waals surface area contributed by atoms with E-state index in [-0.39, 0.29) is 24.0 Å². The molecule has 1 unspecified atom stereocenters. The van der Waals surface area contributed by atoms with Gasteiger partial charge in [-0.3, -0.25) is 0 Å². The zero-order valence-corrected chi connectivity index (χ0v) is 20.5. The van der Waals surface area contributed by atoms with Gasteiger partial charge in [0.2, 0.25) is 0 Å². The van der Waals surface area contributed by atoms with Crippen LogP contribution in [0.15, 0.2) is 84.9 Å². The highest BCUT2D eigenvalue weighted by molar-refractivity contribution is 6.96. The minimum absolute atomic E-state index is 0. The van der Waals surface area contributed by atoms with E-state index in [2.05, 4.69) is 98.5 Å². The van der Waals surface area contributed by atoms with Crippen LogP contribution < -0.4 is 34.4 Å². The molecule has 0 N–H and O–H groups in total. The molecule has 0 fully saturated rings. The second kappa shape index (κ2) is 9.56. The maximum atomic E-state index is 6.78. The highest BCUT2D eigenvalue weighted by Gasteiger charge is 2.35. The highest BCUT2D eigenvalue weighted by Crippen LogP contribution is 2.23.